The van der Waals surface area contributed by atoms with E-state index < -0.39 is 36.2 Å². The number of carbonyl (C=O) groups excluding carboxylic acids is 1. The second-order valence-electron chi connectivity index (χ2n) is 10.7. The molecule has 6 aromatic rings. The molecule has 0 unspecified atom stereocenters. The van der Waals surface area contributed by atoms with Gasteiger partial charge in [0.25, 0.3) is 36.2 Å². The van der Waals surface area contributed by atoms with Gasteiger partial charge in [-0.1, -0.05) is 158 Å². The lowest BCUT2D eigenvalue weighted by molar-refractivity contribution is 0.269. The van der Waals surface area contributed by atoms with Gasteiger partial charge in [0.1, 0.15) is 0 Å². The van der Waals surface area contributed by atoms with Crippen LogP contribution in [0.2, 0.25) is 0 Å². The van der Waals surface area contributed by atoms with Crippen molar-refractivity contribution >= 4 is 85.5 Å². The molecule has 0 aliphatic rings. The van der Waals surface area contributed by atoms with Crippen LogP contribution in [0, 0.1) is 0 Å². The smallest absolute Gasteiger partial charge is 0.287 e. The topological polar surface area (TPSA) is 35.5 Å². The van der Waals surface area contributed by atoms with Crippen LogP contribution in [0.1, 0.15) is 0 Å². The fourth-order valence-corrected chi connectivity index (χ4v) is 21.3. The lowest BCUT2D eigenvalue weighted by atomic mass is 10.4. The van der Waals surface area contributed by atoms with Crippen molar-refractivity contribution in [3.05, 3.63) is 182 Å². The van der Waals surface area contributed by atoms with Crippen LogP contribution in [0.25, 0.3) is 0 Å². The van der Waals surface area contributed by atoms with Crippen molar-refractivity contribution in [1.29, 1.82) is 0 Å². The van der Waals surface area contributed by atoms with Gasteiger partial charge >= 0.3 is 0 Å². The van der Waals surface area contributed by atoms with E-state index in [1.54, 1.807) is 23.5 Å². The van der Waals surface area contributed by atoms with E-state index >= 15 is 4.79 Å². The Hall–Kier alpha value is -3.52. The quantitative estimate of drug-likeness (QED) is 0.0835. The summed E-state index contributed by atoms with van der Waals surface area (Å²) < 4.78 is 14.4. The van der Waals surface area contributed by atoms with Crippen molar-refractivity contribution in [2.24, 2.45) is 0 Å². The summed E-state index contributed by atoms with van der Waals surface area (Å²) in [4.78, 5) is 17.4. The van der Waals surface area contributed by atoms with E-state index in [0.717, 1.165) is 30.5 Å². The van der Waals surface area contributed by atoms with Gasteiger partial charge in [0, 0.05) is 20.5 Å². The van der Waals surface area contributed by atoms with E-state index in [4.69, 9.17) is 8.23 Å². The van der Waals surface area contributed by atoms with E-state index in [9.17, 15) is 0 Å². The van der Waals surface area contributed by atoms with E-state index in [1.165, 1.54) is 0 Å². The molecule has 0 fully saturated rings. The first-order valence-corrected chi connectivity index (χ1v) is 23.7. The van der Waals surface area contributed by atoms with Gasteiger partial charge in [-0.3, -0.25) is 0 Å². The van der Waals surface area contributed by atoms with Crippen molar-refractivity contribution in [3.8, 4) is 0 Å². The maximum Gasteiger partial charge on any atom is 0.287 e. The van der Waals surface area contributed by atoms with E-state index in [0.29, 0.717) is 10.8 Å². The van der Waals surface area contributed by atoms with E-state index in [2.05, 4.69) is 121 Å². The monoisotopic (exact) mass is 726 g/mol. The molecule has 236 valence electrons. The molecule has 6 rings (SSSR count). The van der Waals surface area contributed by atoms with Crippen LogP contribution in [-0.2, 0) is 8.23 Å². The van der Waals surface area contributed by atoms with Gasteiger partial charge in [-0.05, 0) is 45.0 Å². The first-order chi connectivity index (χ1) is 23.7. The highest BCUT2D eigenvalue weighted by Crippen LogP contribution is 2.22. The second-order valence-corrected chi connectivity index (χ2v) is 22.9. The molecule has 0 aliphatic heterocycles. The molecule has 0 spiro atoms. The Morgan fingerprint density at radius 1 is 0.396 bits per heavy atom. The van der Waals surface area contributed by atoms with Crippen LogP contribution in [0.3, 0.4) is 0 Å². The molecule has 4 radical (unpaired) electrons. The fourth-order valence-electron chi connectivity index (χ4n) is 4.94. The summed E-state index contributed by atoms with van der Waals surface area (Å²) in [5.74, 6) is 0. The van der Waals surface area contributed by atoms with Crippen molar-refractivity contribution in [2.45, 2.75) is 9.79 Å². The zero-order valence-electron chi connectivity index (χ0n) is 26.3. The zero-order valence-corrected chi connectivity index (χ0v) is 31.9. The van der Waals surface area contributed by atoms with Crippen molar-refractivity contribution in [2.75, 3.05) is 10.8 Å². The second kappa shape index (κ2) is 18.3. The van der Waals surface area contributed by atoms with Crippen LogP contribution in [0.4, 0.5) is 4.79 Å². The molecule has 0 amide bonds. The lowest BCUT2D eigenvalue weighted by Gasteiger charge is -2.27. The Bertz CT molecular complexity index is 1590. The lowest BCUT2D eigenvalue weighted by Crippen LogP contribution is -2.57. The predicted molar refractivity (Wildman–Crippen MR) is 209 cm³/mol. The summed E-state index contributed by atoms with van der Waals surface area (Å²) in [5, 5.41) is 5.95. The maximum atomic E-state index is 15.1. The Labute approximate surface area is 299 Å². The summed E-state index contributed by atoms with van der Waals surface area (Å²) in [6.07, 6.45) is 0. The van der Waals surface area contributed by atoms with Gasteiger partial charge in [0.05, 0.1) is 0 Å². The zero-order chi connectivity index (χ0) is 32.8. The molecule has 9 heteroatoms. The summed E-state index contributed by atoms with van der Waals surface area (Å²) in [6, 6.07) is 62.3. The number of hydrogen-bond donors (Lipinski definition) is 0. The Morgan fingerprint density at radius 3 is 0.917 bits per heavy atom. The Kier molecular flexibility index (Phi) is 13.1. The van der Waals surface area contributed by atoms with E-state index in [1.807, 2.05) is 60.7 Å². The molecule has 0 saturated carbocycles. The van der Waals surface area contributed by atoms with Gasteiger partial charge in [-0.2, -0.15) is 0 Å². The molecule has 0 aromatic heterocycles. The maximum absolute atomic E-state index is 15.1. The summed E-state index contributed by atoms with van der Waals surface area (Å²) >= 11 is 3.42. The first-order valence-electron chi connectivity index (χ1n) is 15.7. The molecular formula is C39H34O3S2Si4. The third-order valence-corrected chi connectivity index (χ3v) is 21.5. The van der Waals surface area contributed by atoms with E-state index in [-0.39, 0.29) is 5.03 Å². The van der Waals surface area contributed by atoms with Crippen LogP contribution in [0.5, 0.6) is 0 Å². The number of carbonyl (C=O) groups is 1. The van der Waals surface area contributed by atoms with Gasteiger partial charge in [0.2, 0.25) is 0 Å². The average Bonchev–Trinajstić information content (AvgIpc) is 3.17. The highest BCUT2D eigenvalue weighted by atomic mass is 32.2. The van der Waals surface area contributed by atoms with Gasteiger partial charge in [0.15, 0.2) is 5.03 Å². The molecule has 0 heterocycles. The van der Waals surface area contributed by atoms with Crippen LogP contribution >= 0.6 is 23.5 Å². The minimum absolute atomic E-state index is 0.181. The average molecular weight is 727 g/mol. The van der Waals surface area contributed by atoms with Gasteiger partial charge < -0.3 is 13.0 Å². The molecule has 0 aliphatic carbocycles. The summed E-state index contributed by atoms with van der Waals surface area (Å²) in [7, 11) is -7.47. The molecule has 48 heavy (non-hydrogen) atoms. The predicted octanol–water partition coefficient (Wildman–Crippen LogP) is 6.56. The molecule has 3 nitrogen and oxygen atoms in total. The standard InChI is InChI=1S/C39H34O3S2Si4/c40-39(45(31-43-33-19-7-1-8-20-33)41-47(35-23-11-3-12-24-35)36-25-13-4-14-26-36)46(32-44-34-21-9-2-10-22-34)42-48(37-27-15-5-16-28-37)38-29-17-6-18-30-38/h1-30H,31-32H2. The molecule has 0 saturated heterocycles. The highest BCUT2D eigenvalue weighted by molar-refractivity contribution is 8.01. The first kappa shape index (κ1) is 34.3. The number of hydrogen-bond acceptors (Lipinski definition) is 5. The Morgan fingerprint density at radius 2 is 0.646 bits per heavy atom. The normalized spacial score (nSPS) is 11.4. The molecule has 0 bridgehead atoms. The third kappa shape index (κ3) is 9.77. The van der Waals surface area contributed by atoms with Crippen molar-refractivity contribution in [3.63, 3.8) is 0 Å². The SMILES string of the molecule is O=C([Si](CSc1ccccc1)O[Si](c1ccccc1)c1ccccc1)[Si](CSc1ccccc1)O[Si](c1ccccc1)c1ccccc1. The van der Waals surface area contributed by atoms with Crippen LogP contribution < -0.4 is 20.7 Å². The number of thioether (sulfide) groups is 2. The van der Waals surface area contributed by atoms with Crippen LogP contribution in [-0.4, -0.2) is 51.9 Å². The highest BCUT2D eigenvalue weighted by Gasteiger charge is 2.39. The fraction of sp³-hybridized carbons (Fsp3) is 0.0513. The third-order valence-electron chi connectivity index (χ3n) is 7.33. The Balaban J connectivity index is 1.37. The summed E-state index contributed by atoms with van der Waals surface area (Å²) in [6.45, 7) is 0. The largest absolute Gasteiger partial charge is 0.443 e. The minimum Gasteiger partial charge on any atom is -0.443 e. The van der Waals surface area contributed by atoms with Crippen LogP contribution in [0.15, 0.2) is 192 Å². The van der Waals surface area contributed by atoms with Gasteiger partial charge in [-0.15, -0.1) is 23.5 Å². The molecule has 6 aromatic carbocycles. The number of benzene rings is 6. The van der Waals surface area contributed by atoms with Crippen molar-refractivity contribution in [1.82, 2.24) is 0 Å². The number of rotatable bonds is 16. The van der Waals surface area contributed by atoms with Crippen molar-refractivity contribution < 1.29 is 13.0 Å². The molecule has 0 N–H and O–H groups in total. The van der Waals surface area contributed by atoms with Gasteiger partial charge in [-0.25, -0.2) is 0 Å². The minimum atomic E-state index is -2.03. The summed E-state index contributed by atoms with van der Waals surface area (Å²) in [5.41, 5.74) is 0. The molecule has 0 atom stereocenters. The molecular weight excluding hydrogens is 693 g/mol.